The molecular formula is C8H7FN2. The van der Waals surface area contributed by atoms with Gasteiger partial charge in [-0.05, 0) is 12.1 Å². The fourth-order valence-corrected chi connectivity index (χ4v) is 1.17. The molecule has 11 heavy (non-hydrogen) atoms. The van der Waals surface area contributed by atoms with Crippen molar-refractivity contribution in [1.29, 1.82) is 0 Å². The Morgan fingerprint density at radius 1 is 1.55 bits per heavy atom. The first kappa shape index (κ1) is 6.34. The molecule has 0 spiro atoms. The molecule has 0 radical (unpaired) electrons. The number of fused-ring (bicyclic) bond motifs is 1. The highest BCUT2D eigenvalue weighted by molar-refractivity contribution is 5.75. The fraction of sp³-hybridized carbons (Fsp3) is 0.125. The van der Waals surface area contributed by atoms with E-state index in [2.05, 4.69) is 4.98 Å². The molecule has 0 saturated heterocycles. The molecule has 0 aromatic carbocycles. The van der Waals surface area contributed by atoms with Crippen LogP contribution in [0.15, 0.2) is 24.5 Å². The highest BCUT2D eigenvalue weighted by Gasteiger charge is 2.04. The molecule has 0 aliphatic rings. The quantitative estimate of drug-likeness (QED) is 0.559. The van der Waals surface area contributed by atoms with E-state index in [0.717, 1.165) is 5.52 Å². The van der Waals surface area contributed by atoms with E-state index < -0.39 is 0 Å². The molecule has 0 saturated carbocycles. The first-order valence-electron chi connectivity index (χ1n) is 3.34. The number of pyridine rings is 1. The molecule has 2 aromatic rings. The lowest BCUT2D eigenvalue weighted by molar-refractivity contribution is 0.631. The van der Waals surface area contributed by atoms with Gasteiger partial charge in [0.15, 0.2) is 5.82 Å². The van der Waals surface area contributed by atoms with E-state index in [-0.39, 0.29) is 5.82 Å². The Labute approximate surface area is 63.3 Å². The molecule has 2 nitrogen and oxygen atoms in total. The van der Waals surface area contributed by atoms with Gasteiger partial charge in [0, 0.05) is 19.4 Å². The van der Waals surface area contributed by atoms with E-state index in [1.807, 2.05) is 6.07 Å². The second-order valence-corrected chi connectivity index (χ2v) is 2.46. The summed E-state index contributed by atoms with van der Waals surface area (Å²) in [5.74, 6) is -0.261. The molecule has 0 bridgehead atoms. The monoisotopic (exact) mass is 150 g/mol. The standard InChI is InChI=1S/C8H7FN2/c1-11-5-6(9)8-7(11)3-2-4-10-8/h2-5H,1H3. The van der Waals surface area contributed by atoms with Gasteiger partial charge >= 0.3 is 0 Å². The molecule has 0 aliphatic heterocycles. The lowest BCUT2D eigenvalue weighted by Crippen LogP contribution is -1.82. The van der Waals surface area contributed by atoms with Gasteiger partial charge in [-0.2, -0.15) is 0 Å². The van der Waals surface area contributed by atoms with E-state index >= 15 is 0 Å². The Morgan fingerprint density at radius 2 is 2.36 bits per heavy atom. The fourth-order valence-electron chi connectivity index (χ4n) is 1.17. The minimum atomic E-state index is -0.261. The highest BCUT2D eigenvalue weighted by atomic mass is 19.1. The van der Waals surface area contributed by atoms with Crippen LogP contribution in [0, 0.1) is 5.82 Å². The number of rotatable bonds is 0. The van der Waals surface area contributed by atoms with Crippen LogP contribution in [0.4, 0.5) is 4.39 Å². The van der Waals surface area contributed by atoms with Crippen molar-refractivity contribution in [3.8, 4) is 0 Å². The molecule has 0 unspecified atom stereocenters. The summed E-state index contributed by atoms with van der Waals surface area (Å²) in [4.78, 5) is 3.91. The molecule has 0 aliphatic carbocycles. The Balaban J connectivity index is 2.95. The third-order valence-electron chi connectivity index (χ3n) is 1.70. The number of aryl methyl sites for hydroxylation is 1. The third kappa shape index (κ3) is 0.808. The van der Waals surface area contributed by atoms with Crippen LogP contribution in [-0.2, 0) is 7.05 Å². The van der Waals surface area contributed by atoms with Gasteiger partial charge in [-0.15, -0.1) is 0 Å². The van der Waals surface area contributed by atoms with Crippen molar-refractivity contribution in [2.24, 2.45) is 7.05 Å². The summed E-state index contributed by atoms with van der Waals surface area (Å²) in [6, 6.07) is 3.63. The molecule has 3 heteroatoms. The SMILES string of the molecule is Cn1cc(F)c2ncccc21. The maximum Gasteiger partial charge on any atom is 0.167 e. The average Bonchev–Trinajstić information content (AvgIpc) is 2.30. The van der Waals surface area contributed by atoms with Crippen LogP contribution in [0.5, 0.6) is 0 Å². The predicted octanol–water partition coefficient (Wildman–Crippen LogP) is 1.71. The normalized spacial score (nSPS) is 10.7. The summed E-state index contributed by atoms with van der Waals surface area (Å²) in [5.41, 5.74) is 1.26. The van der Waals surface area contributed by atoms with Crippen molar-refractivity contribution >= 4 is 11.0 Å². The van der Waals surface area contributed by atoms with Gasteiger partial charge in [-0.25, -0.2) is 4.39 Å². The Bertz CT molecular complexity index is 356. The zero-order chi connectivity index (χ0) is 7.84. The molecule has 0 amide bonds. The van der Waals surface area contributed by atoms with Crippen molar-refractivity contribution in [3.05, 3.63) is 30.3 Å². The highest BCUT2D eigenvalue weighted by Crippen LogP contribution is 2.14. The number of halogens is 1. The molecule has 2 rings (SSSR count). The first-order valence-corrected chi connectivity index (χ1v) is 3.34. The van der Waals surface area contributed by atoms with Crippen LogP contribution < -0.4 is 0 Å². The first-order chi connectivity index (χ1) is 5.29. The maximum absolute atomic E-state index is 12.9. The number of nitrogens with zero attached hydrogens (tertiary/aromatic N) is 2. The van der Waals surface area contributed by atoms with Crippen LogP contribution in [0.1, 0.15) is 0 Å². The molecule has 0 atom stereocenters. The zero-order valence-corrected chi connectivity index (χ0v) is 6.08. The number of hydrogen-bond donors (Lipinski definition) is 0. The summed E-state index contributed by atoms with van der Waals surface area (Å²) in [7, 11) is 1.80. The van der Waals surface area contributed by atoms with Crippen LogP contribution in [-0.4, -0.2) is 9.55 Å². The van der Waals surface area contributed by atoms with Crippen molar-refractivity contribution in [3.63, 3.8) is 0 Å². The minimum absolute atomic E-state index is 0.261. The minimum Gasteiger partial charge on any atom is -0.346 e. The molecule has 0 fully saturated rings. The Kier molecular flexibility index (Phi) is 1.18. The third-order valence-corrected chi connectivity index (χ3v) is 1.70. The van der Waals surface area contributed by atoms with E-state index in [0.29, 0.717) is 5.52 Å². The van der Waals surface area contributed by atoms with Gasteiger partial charge in [-0.1, -0.05) is 0 Å². The molecular weight excluding hydrogens is 143 g/mol. The lowest BCUT2D eigenvalue weighted by atomic mass is 10.4. The van der Waals surface area contributed by atoms with Crippen molar-refractivity contribution in [2.75, 3.05) is 0 Å². The van der Waals surface area contributed by atoms with Gasteiger partial charge in [0.05, 0.1) is 5.52 Å². The Hall–Kier alpha value is -1.38. The second-order valence-electron chi connectivity index (χ2n) is 2.46. The average molecular weight is 150 g/mol. The molecule has 2 aromatic heterocycles. The van der Waals surface area contributed by atoms with Gasteiger partial charge in [0.2, 0.25) is 0 Å². The summed E-state index contributed by atoms with van der Waals surface area (Å²) in [5, 5.41) is 0. The van der Waals surface area contributed by atoms with E-state index in [9.17, 15) is 4.39 Å². The van der Waals surface area contributed by atoms with E-state index in [1.165, 1.54) is 6.20 Å². The lowest BCUT2D eigenvalue weighted by Gasteiger charge is -1.91. The molecule has 56 valence electrons. The van der Waals surface area contributed by atoms with Gasteiger partial charge in [0.25, 0.3) is 0 Å². The zero-order valence-electron chi connectivity index (χ0n) is 6.08. The van der Waals surface area contributed by atoms with Gasteiger partial charge in [0.1, 0.15) is 5.52 Å². The second kappa shape index (κ2) is 2.05. The van der Waals surface area contributed by atoms with E-state index in [4.69, 9.17) is 0 Å². The molecule has 0 N–H and O–H groups in total. The van der Waals surface area contributed by atoms with Crippen LogP contribution >= 0.6 is 0 Å². The number of aromatic nitrogens is 2. The summed E-state index contributed by atoms with van der Waals surface area (Å²) < 4.78 is 14.6. The summed E-state index contributed by atoms with van der Waals surface area (Å²) >= 11 is 0. The van der Waals surface area contributed by atoms with Crippen molar-refractivity contribution in [1.82, 2.24) is 9.55 Å². The van der Waals surface area contributed by atoms with Crippen molar-refractivity contribution < 1.29 is 4.39 Å². The summed E-state index contributed by atoms with van der Waals surface area (Å²) in [6.07, 6.45) is 3.02. The van der Waals surface area contributed by atoms with Crippen LogP contribution in [0.3, 0.4) is 0 Å². The number of hydrogen-bond acceptors (Lipinski definition) is 1. The summed E-state index contributed by atoms with van der Waals surface area (Å²) in [6.45, 7) is 0. The largest absolute Gasteiger partial charge is 0.346 e. The van der Waals surface area contributed by atoms with E-state index in [1.54, 1.807) is 23.9 Å². The maximum atomic E-state index is 12.9. The van der Waals surface area contributed by atoms with Crippen molar-refractivity contribution in [2.45, 2.75) is 0 Å². The van der Waals surface area contributed by atoms with Gasteiger partial charge in [-0.3, -0.25) is 4.98 Å². The topological polar surface area (TPSA) is 17.8 Å². The Morgan fingerprint density at radius 3 is 3.09 bits per heavy atom. The smallest absolute Gasteiger partial charge is 0.167 e. The van der Waals surface area contributed by atoms with Gasteiger partial charge < -0.3 is 4.57 Å². The van der Waals surface area contributed by atoms with Crippen LogP contribution in [0.2, 0.25) is 0 Å². The molecule has 2 heterocycles. The predicted molar refractivity (Wildman–Crippen MR) is 40.7 cm³/mol. The van der Waals surface area contributed by atoms with Crippen LogP contribution in [0.25, 0.3) is 11.0 Å².